The van der Waals surface area contributed by atoms with Crippen LogP contribution < -0.4 is 11.1 Å². The molecule has 0 bridgehead atoms. The first-order valence-electron chi connectivity index (χ1n) is 8.84. The first-order chi connectivity index (χ1) is 12.0. The molecule has 0 unspecified atom stereocenters. The SMILES string of the molecule is C[C@H](NC(=O)N1CCC([C@@H]2OCC[C@H]2N)CC1)c1cccc(F)c1F. The molecule has 5 nitrogen and oxygen atoms in total. The van der Waals surface area contributed by atoms with E-state index in [1.54, 1.807) is 11.8 Å². The minimum atomic E-state index is -0.915. The van der Waals surface area contributed by atoms with Crippen molar-refractivity contribution in [2.45, 2.75) is 44.4 Å². The molecule has 1 aromatic rings. The van der Waals surface area contributed by atoms with Gasteiger partial charge in [-0.1, -0.05) is 12.1 Å². The van der Waals surface area contributed by atoms with Crippen LogP contribution in [0.4, 0.5) is 13.6 Å². The molecule has 3 rings (SSSR count). The molecular formula is C18H25F2N3O2. The van der Waals surface area contributed by atoms with Gasteiger partial charge in [-0.25, -0.2) is 13.6 Å². The number of nitrogens with zero attached hydrogens (tertiary/aromatic N) is 1. The molecule has 138 valence electrons. The van der Waals surface area contributed by atoms with Crippen molar-refractivity contribution in [2.24, 2.45) is 11.7 Å². The molecule has 2 fully saturated rings. The third-order valence-electron chi connectivity index (χ3n) is 5.26. The van der Waals surface area contributed by atoms with Gasteiger partial charge in [-0.05, 0) is 38.2 Å². The molecule has 2 aliphatic heterocycles. The zero-order chi connectivity index (χ0) is 18.0. The normalized spacial score (nSPS) is 25.8. The Hall–Kier alpha value is -1.73. The van der Waals surface area contributed by atoms with Crippen LogP contribution >= 0.6 is 0 Å². The summed E-state index contributed by atoms with van der Waals surface area (Å²) < 4.78 is 32.9. The summed E-state index contributed by atoms with van der Waals surface area (Å²) in [5.41, 5.74) is 6.22. The van der Waals surface area contributed by atoms with Crippen LogP contribution in [0.25, 0.3) is 0 Å². The second-order valence-electron chi connectivity index (χ2n) is 6.93. The van der Waals surface area contributed by atoms with E-state index in [1.165, 1.54) is 12.1 Å². The largest absolute Gasteiger partial charge is 0.376 e. The minimum Gasteiger partial charge on any atom is -0.376 e. The Balaban J connectivity index is 1.53. The zero-order valence-electron chi connectivity index (χ0n) is 14.4. The zero-order valence-corrected chi connectivity index (χ0v) is 14.4. The van der Waals surface area contributed by atoms with Crippen LogP contribution in [-0.2, 0) is 4.74 Å². The number of likely N-dealkylation sites (tertiary alicyclic amines) is 1. The first-order valence-corrected chi connectivity index (χ1v) is 8.84. The van der Waals surface area contributed by atoms with Gasteiger partial charge in [0.1, 0.15) is 0 Å². The van der Waals surface area contributed by atoms with Crippen LogP contribution in [0, 0.1) is 17.6 Å². The molecule has 0 saturated carbocycles. The number of halogens is 2. The molecule has 25 heavy (non-hydrogen) atoms. The number of amides is 2. The number of nitrogens with one attached hydrogen (secondary N) is 1. The summed E-state index contributed by atoms with van der Waals surface area (Å²) in [7, 11) is 0. The molecule has 2 saturated heterocycles. The third-order valence-corrected chi connectivity index (χ3v) is 5.26. The molecule has 1 aromatic carbocycles. The summed E-state index contributed by atoms with van der Waals surface area (Å²) in [6.07, 6.45) is 2.66. The maximum Gasteiger partial charge on any atom is 0.317 e. The monoisotopic (exact) mass is 353 g/mol. The number of ether oxygens (including phenoxy) is 1. The van der Waals surface area contributed by atoms with Crippen molar-refractivity contribution < 1.29 is 18.3 Å². The Labute approximate surface area is 146 Å². The van der Waals surface area contributed by atoms with E-state index in [1.807, 2.05) is 0 Å². The van der Waals surface area contributed by atoms with Crippen molar-refractivity contribution in [1.29, 1.82) is 0 Å². The molecule has 7 heteroatoms. The van der Waals surface area contributed by atoms with Crippen molar-refractivity contribution in [1.82, 2.24) is 10.2 Å². The summed E-state index contributed by atoms with van der Waals surface area (Å²) in [6.45, 7) is 3.58. The van der Waals surface area contributed by atoms with Gasteiger partial charge < -0.3 is 20.7 Å². The Morgan fingerprint density at radius 2 is 2.04 bits per heavy atom. The van der Waals surface area contributed by atoms with Crippen LogP contribution in [0.5, 0.6) is 0 Å². The predicted octanol–water partition coefficient (Wildman–Crippen LogP) is 2.56. The predicted molar refractivity (Wildman–Crippen MR) is 89.9 cm³/mol. The molecule has 2 aliphatic rings. The number of piperidine rings is 1. The topological polar surface area (TPSA) is 67.6 Å². The van der Waals surface area contributed by atoms with Gasteiger partial charge in [0.15, 0.2) is 11.6 Å². The third kappa shape index (κ3) is 3.93. The number of carbonyl (C=O) groups excluding carboxylic acids is 1. The second kappa shape index (κ2) is 7.66. The van der Waals surface area contributed by atoms with E-state index in [4.69, 9.17) is 10.5 Å². The number of hydrogen-bond acceptors (Lipinski definition) is 3. The van der Waals surface area contributed by atoms with E-state index < -0.39 is 17.7 Å². The maximum atomic E-state index is 13.8. The number of urea groups is 1. The Kier molecular flexibility index (Phi) is 5.54. The standard InChI is InChI=1S/C18H25F2N3O2/c1-11(13-3-2-4-14(19)16(13)20)22-18(24)23-8-5-12(6-9-23)17-15(21)7-10-25-17/h2-4,11-12,15,17H,5-10,21H2,1H3,(H,22,24)/t11-,15+,17-/m0/s1. The highest BCUT2D eigenvalue weighted by molar-refractivity contribution is 5.74. The highest BCUT2D eigenvalue weighted by Crippen LogP contribution is 2.28. The first kappa shape index (κ1) is 18.1. The number of carbonyl (C=O) groups is 1. The van der Waals surface area contributed by atoms with Gasteiger partial charge in [0, 0.05) is 31.3 Å². The highest BCUT2D eigenvalue weighted by atomic mass is 19.2. The average molecular weight is 353 g/mol. The van der Waals surface area contributed by atoms with Crippen LogP contribution in [0.15, 0.2) is 18.2 Å². The van der Waals surface area contributed by atoms with E-state index in [-0.39, 0.29) is 23.7 Å². The Morgan fingerprint density at radius 1 is 1.32 bits per heavy atom. The fraction of sp³-hybridized carbons (Fsp3) is 0.611. The van der Waals surface area contributed by atoms with E-state index in [0.29, 0.717) is 25.6 Å². The maximum absolute atomic E-state index is 13.8. The van der Waals surface area contributed by atoms with Gasteiger partial charge in [0.25, 0.3) is 0 Å². The van der Waals surface area contributed by atoms with Crippen LogP contribution in [0.1, 0.15) is 37.8 Å². The number of benzene rings is 1. The molecule has 0 spiro atoms. The summed E-state index contributed by atoms with van der Waals surface area (Å²) in [4.78, 5) is 14.1. The smallest absolute Gasteiger partial charge is 0.317 e. The minimum absolute atomic E-state index is 0.0846. The van der Waals surface area contributed by atoms with Crippen molar-refractivity contribution in [3.05, 3.63) is 35.4 Å². The lowest BCUT2D eigenvalue weighted by Gasteiger charge is -2.36. The summed E-state index contributed by atoms with van der Waals surface area (Å²) in [5, 5.41) is 2.75. The van der Waals surface area contributed by atoms with Crippen LogP contribution in [0.2, 0.25) is 0 Å². The summed E-state index contributed by atoms with van der Waals surface area (Å²) in [5.74, 6) is -1.45. The summed E-state index contributed by atoms with van der Waals surface area (Å²) in [6, 6.07) is 3.20. The van der Waals surface area contributed by atoms with Gasteiger partial charge in [-0.2, -0.15) is 0 Å². The average Bonchev–Trinajstić information content (AvgIpc) is 3.03. The van der Waals surface area contributed by atoms with Crippen LogP contribution in [-0.4, -0.2) is 42.8 Å². The second-order valence-corrected chi connectivity index (χ2v) is 6.93. The Bertz CT molecular complexity index is 620. The van der Waals surface area contributed by atoms with Crippen molar-refractivity contribution in [2.75, 3.05) is 19.7 Å². The van der Waals surface area contributed by atoms with Crippen molar-refractivity contribution in [3.8, 4) is 0 Å². The fourth-order valence-corrected chi connectivity index (χ4v) is 3.75. The van der Waals surface area contributed by atoms with Crippen molar-refractivity contribution in [3.63, 3.8) is 0 Å². The summed E-state index contributed by atoms with van der Waals surface area (Å²) >= 11 is 0. The van der Waals surface area contributed by atoms with E-state index in [2.05, 4.69) is 5.32 Å². The molecular weight excluding hydrogens is 328 g/mol. The Morgan fingerprint density at radius 3 is 2.68 bits per heavy atom. The van der Waals surface area contributed by atoms with E-state index in [0.717, 1.165) is 25.3 Å². The molecule has 2 heterocycles. The number of nitrogens with two attached hydrogens (primary N) is 1. The molecule has 3 N–H and O–H groups in total. The molecule has 0 aliphatic carbocycles. The lowest BCUT2D eigenvalue weighted by Crippen LogP contribution is -2.48. The lowest BCUT2D eigenvalue weighted by atomic mass is 9.88. The van der Waals surface area contributed by atoms with Crippen LogP contribution in [0.3, 0.4) is 0 Å². The van der Waals surface area contributed by atoms with Gasteiger partial charge in [0.2, 0.25) is 0 Å². The number of rotatable bonds is 3. The molecule has 0 aromatic heterocycles. The fourth-order valence-electron chi connectivity index (χ4n) is 3.75. The number of hydrogen-bond donors (Lipinski definition) is 2. The van der Waals surface area contributed by atoms with Gasteiger partial charge in [-0.3, -0.25) is 0 Å². The molecule has 0 radical (unpaired) electrons. The van der Waals surface area contributed by atoms with E-state index >= 15 is 0 Å². The van der Waals surface area contributed by atoms with Gasteiger partial charge in [-0.15, -0.1) is 0 Å². The van der Waals surface area contributed by atoms with Crippen molar-refractivity contribution >= 4 is 6.03 Å². The molecule has 3 atom stereocenters. The highest BCUT2D eigenvalue weighted by Gasteiger charge is 2.35. The quantitative estimate of drug-likeness (QED) is 0.878. The van der Waals surface area contributed by atoms with Gasteiger partial charge in [0.05, 0.1) is 12.1 Å². The van der Waals surface area contributed by atoms with Gasteiger partial charge >= 0.3 is 6.03 Å². The molecule has 2 amide bonds. The lowest BCUT2D eigenvalue weighted by molar-refractivity contribution is 0.0308. The van der Waals surface area contributed by atoms with E-state index in [9.17, 15) is 13.6 Å².